The summed E-state index contributed by atoms with van der Waals surface area (Å²) in [5, 5.41) is 0. The molecule has 0 heterocycles. The van der Waals surface area contributed by atoms with Gasteiger partial charge in [0.2, 0.25) is 0 Å². The summed E-state index contributed by atoms with van der Waals surface area (Å²) in [7, 11) is 0. The van der Waals surface area contributed by atoms with Crippen molar-refractivity contribution in [3.05, 3.63) is 58.7 Å². The Labute approximate surface area is 175 Å². The monoisotopic (exact) mass is 430 g/mol. The molecular weight excluding hydrogens is 402 g/mol. The molecule has 0 nitrogen and oxygen atoms in total. The molecule has 0 spiro atoms. The third-order valence-corrected chi connectivity index (χ3v) is 3.92. The fraction of sp³-hybridized carbons (Fsp3) is 0.500. The second-order valence-electron chi connectivity index (χ2n) is 5.68. The summed E-state index contributed by atoms with van der Waals surface area (Å²) in [4.78, 5) is 0. The van der Waals surface area contributed by atoms with Gasteiger partial charge in [0.05, 0.1) is 0 Å². The fourth-order valence-electron chi connectivity index (χ4n) is 2.32. The zero-order valence-electron chi connectivity index (χ0n) is 15.0. The molecule has 0 saturated carbocycles. The Morgan fingerprint density at radius 1 is 0.913 bits per heavy atom. The molecule has 0 amide bonds. The van der Waals surface area contributed by atoms with E-state index in [1.165, 1.54) is 49.7 Å². The molecule has 0 saturated heterocycles. The van der Waals surface area contributed by atoms with Crippen LogP contribution in [0.3, 0.4) is 0 Å². The van der Waals surface area contributed by atoms with Crippen LogP contribution in [0.4, 0.5) is 0 Å². The average Bonchev–Trinajstić information content (AvgIpc) is 3.04. The smallest absolute Gasteiger partial charge is 1.00 e. The number of hydrogen-bond acceptors (Lipinski definition) is 0. The third kappa shape index (κ3) is 11.4. The van der Waals surface area contributed by atoms with Crippen LogP contribution in [0.25, 0.3) is 0 Å². The Bertz CT molecular complexity index is 432. The van der Waals surface area contributed by atoms with Gasteiger partial charge in [-0.25, -0.2) is 24.3 Å². The zero-order valence-corrected chi connectivity index (χ0v) is 18.9. The molecule has 2 rings (SSSR count). The summed E-state index contributed by atoms with van der Waals surface area (Å²) in [6, 6.07) is 13.1. The van der Waals surface area contributed by atoms with Gasteiger partial charge in [0.1, 0.15) is 0 Å². The van der Waals surface area contributed by atoms with Gasteiger partial charge in [-0.3, -0.25) is 0 Å². The largest absolute Gasteiger partial charge is 4.00 e. The maximum absolute atomic E-state index is 2.29. The second kappa shape index (κ2) is 17.0. The van der Waals surface area contributed by atoms with Crippen LogP contribution in [0.5, 0.6) is 0 Å². The molecule has 0 aromatic heterocycles. The van der Waals surface area contributed by atoms with Crippen molar-refractivity contribution in [3.63, 3.8) is 0 Å². The first-order valence-electron chi connectivity index (χ1n) is 8.11. The van der Waals surface area contributed by atoms with Crippen molar-refractivity contribution in [1.29, 1.82) is 0 Å². The van der Waals surface area contributed by atoms with E-state index in [1.54, 1.807) is 11.1 Å². The molecule has 0 radical (unpaired) electrons. The molecule has 3 heteroatoms. The van der Waals surface area contributed by atoms with Crippen LogP contribution in [-0.4, -0.2) is 0 Å². The molecule has 2 aromatic carbocycles. The van der Waals surface area contributed by atoms with E-state index in [9.17, 15) is 0 Å². The van der Waals surface area contributed by atoms with Gasteiger partial charge in [-0.15, -0.1) is 0 Å². The number of halogens is 2. The molecule has 128 valence electrons. The van der Waals surface area contributed by atoms with E-state index in [1.807, 2.05) is 0 Å². The average molecular weight is 433 g/mol. The van der Waals surface area contributed by atoms with Gasteiger partial charge in [0, 0.05) is 0 Å². The van der Waals surface area contributed by atoms with Crippen molar-refractivity contribution in [2.45, 2.75) is 66.2 Å². The van der Waals surface area contributed by atoms with E-state index in [-0.39, 0.29) is 51.0 Å². The van der Waals surface area contributed by atoms with Crippen molar-refractivity contribution >= 4 is 0 Å². The van der Waals surface area contributed by atoms with E-state index in [4.69, 9.17) is 0 Å². The van der Waals surface area contributed by atoms with E-state index < -0.39 is 0 Å². The van der Waals surface area contributed by atoms with Gasteiger partial charge in [0.15, 0.2) is 0 Å². The molecule has 0 aliphatic rings. The van der Waals surface area contributed by atoms with Crippen LogP contribution in [0.15, 0.2) is 36.4 Å². The minimum atomic E-state index is 0. The standard InChI is InChI=1S/C13H21.C7H9.2ClH.Zr/c1-3-5-8-12-10-7-11-13(12)9-6-4-2;1-6-4-3-5-7(6)2;;;/h7,10-11H,3-6,8-9H2,1-2H3;3-5H,1-2H3;2*1H;/q2*-1;;;+4/p-2. The number of aryl methyl sites for hydroxylation is 4. The Morgan fingerprint density at radius 2 is 1.52 bits per heavy atom. The normalized spacial score (nSPS) is 8.87. The van der Waals surface area contributed by atoms with Gasteiger partial charge in [-0.05, 0) is 0 Å². The number of hydrogen-bond donors (Lipinski definition) is 0. The summed E-state index contributed by atoms with van der Waals surface area (Å²) < 4.78 is 0. The van der Waals surface area contributed by atoms with Crippen LogP contribution in [0.1, 0.15) is 61.8 Å². The van der Waals surface area contributed by atoms with E-state index in [0.717, 1.165) is 0 Å². The molecule has 0 unspecified atom stereocenters. The summed E-state index contributed by atoms with van der Waals surface area (Å²) in [6.45, 7) is 8.76. The van der Waals surface area contributed by atoms with Crippen molar-refractivity contribution in [2.24, 2.45) is 0 Å². The number of rotatable bonds is 6. The summed E-state index contributed by atoms with van der Waals surface area (Å²) >= 11 is 0. The molecule has 0 N–H and O–H groups in total. The molecule has 0 fully saturated rings. The van der Waals surface area contributed by atoms with Crippen molar-refractivity contribution in [1.82, 2.24) is 0 Å². The van der Waals surface area contributed by atoms with Crippen LogP contribution in [0, 0.1) is 13.8 Å². The maximum atomic E-state index is 2.29. The molecule has 23 heavy (non-hydrogen) atoms. The molecule has 0 atom stereocenters. The Hall–Kier alpha value is 0.163. The van der Waals surface area contributed by atoms with Crippen LogP contribution in [-0.2, 0) is 39.0 Å². The summed E-state index contributed by atoms with van der Waals surface area (Å²) in [5.41, 5.74) is 5.96. The molecule has 2 aromatic rings. The third-order valence-electron chi connectivity index (χ3n) is 3.92. The predicted octanol–water partition coefficient (Wildman–Crippen LogP) is 0.119. The topological polar surface area (TPSA) is 0 Å². The second-order valence-corrected chi connectivity index (χ2v) is 5.68. The van der Waals surface area contributed by atoms with Gasteiger partial charge < -0.3 is 24.8 Å². The van der Waals surface area contributed by atoms with E-state index >= 15 is 0 Å². The zero-order chi connectivity index (χ0) is 14.8. The van der Waals surface area contributed by atoms with Crippen LogP contribution < -0.4 is 24.8 Å². The van der Waals surface area contributed by atoms with Gasteiger partial charge in [0.25, 0.3) is 0 Å². The van der Waals surface area contributed by atoms with Crippen molar-refractivity contribution in [2.75, 3.05) is 0 Å². The van der Waals surface area contributed by atoms with Crippen LogP contribution in [0.2, 0.25) is 0 Å². The van der Waals surface area contributed by atoms with Gasteiger partial charge >= 0.3 is 26.2 Å². The van der Waals surface area contributed by atoms with E-state index in [2.05, 4.69) is 64.1 Å². The quantitative estimate of drug-likeness (QED) is 0.569. The summed E-state index contributed by atoms with van der Waals surface area (Å²) in [5.74, 6) is 0. The minimum Gasteiger partial charge on any atom is -1.00 e. The Kier molecular flexibility index (Phi) is 20.7. The predicted molar refractivity (Wildman–Crippen MR) is 90.8 cm³/mol. The van der Waals surface area contributed by atoms with Crippen molar-refractivity contribution < 1.29 is 51.0 Å². The fourth-order valence-corrected chi connectivity index (χ4v) is 2.32. The Balaban J connectivity index is -0.000000347. The van der Waals surface area contributed by atoms with Crippen molar-refractivity contribution in [3.8, 4) is 0 Å². The summed E-state index contributed by atoms with van der Waals surface area (Å²) in [6.07, 6.45) is 7.84. The SMILES string of the molecule is CCCCc1ccc[c-]1CCCC.Cc1ccc[c-]1C.[Cl-].[Cl-].[Zr+4]. The Morgan fingerprint density at radius 3 is 1.96 bits per heavy atom. The first-order chi connectivity index (χ1) is 9.69. The van der Waals surface area contributed by atoms with Gasteiger partial charge in [-0.1, -0.05) is 66.2 Å². The molecular formula is C20H30Cl2Zr. The van der Waals surface area contributed by atoms with Gasteiger partial charge in [-0.2, -0.15) is 34.4 Å². The van der Waals surface area contributed by atoms with Crippen LogP contribution >= 0.6 is 0 Å². The molecule has 0 bridgehead atoms. The minimum absolute atomic E-state index is 0. The van der Waals surface area contributed by atoms with E-state index in [0.29, 0.717) is 0 Å². The maximum Gasteiger partial charge on any atom is 4.00 e. The first kappa shape index (κ1) is 28.0. The molecule has 0 aliphatic heterocycles. The molecule has 0 aliphatic carbocycles. The number of unbranched alkanes of at least 4 members (excludes halogenated alkanes) is 2. The first-order valence-corrected chi connectivity index (χ1v) is 8.11.